The molecule has 3 aromatic rings. The summed E-state index contributed by atoms with van der Waals surface area (Å²) in [6, 6.07) is 17.1. The Morgan fingerprint density at radius 1 is 1.00 bits per heavy atom. The second-order valence-corrected chi connectivity index (χ2v) is 8.96. The Hall–Kier alpha value is -3.91. The number of benzene rings is 2. The van der Waals surface area contributed by atoms with E-state index in [-0.39, 0.29) is 24.3 Å². The Morgan fingerprint density at radius 3 is 2.39 bits per heavy atom. The first-order chi connectivity index (χ1) is 17.4. The van der Waals surface area contributed by atoms with E-state index in [1.165, 1.54) is 17.2 Å². The zero-order chi connectivity index (χ0) is 25.5. The van der Waals surface area contributed by atoms with Crippen molar-refractivity contribution >= 4 is 23.4 Å². The van der Waals surface area contributed by atoms with Gasteiger partial charge >= 0.3 is 0 Å². The fourth-order valence-electron chi connectivity index (χ4n) is 4.43. The summed E-state index contributed by atoms with van der Waals surface area (Å²) >= 11 is 0. The molecule has 0 spiro atoms. The minimum atomic E-state index is -0.943. The van der Waals surface area contributed by atoms with Gasteiger partial charge in [0.25, 0.3) is 5.91 Å². The Bertz CT molecular complexity index is 1170. The number of carbonyl (C=O) groups is 3. The van der Waals surface area contributed by atoms with Gasteiger partial charge in [0.2, 0.25) is 11.8 Å². The Balaban J connectivity index is 1.66. The average Bonchev–Trinajstić information content (AvgIpc) is 3.59. The number of carbonyl (C=O) groups excluding carboxylic acids is 3. The summed E-state index contributed by atoms with van der Waals surface area (Å²) in [6.07, 6.45) is 3.20. The zero-order valence-corrected chi connectivity index (χ0v) is 20.5. The van der Waals surface area contributed by atoms with Crippen molar-refractivity contribution in [1.29, 1.82) is 0 Å². The number of hydrogen-bond acceptors (Lipinski definition) is 5. The van der Waals surface area contributed by atoms with Crippen LogP contribution in [-0.2, 0) is 14.3 Å². The average molecular weight is 490 g/mol. The molecule has 1 fully saturated rings. The highest BCUT2D eigenvalue weighted by molar-refractivity contribution is 6.04. The molecule has 36 heavy (non-hydrogen) atoms. The lowest BCUT2D eigenvalue weighted by Gasteiger charge is -2.32. The minimum Gasteiger partial charge on any atom is -0.459 e. The van der Waals surface area contributed by atoms with Crippen LogP contribution >= 0.6 is 0 Å². The van der Waals surface area contributed by atoms with Crippen LogP contribution in [0.15, 0.2) is 71.3 Å². The Kier molecular flexibility index (Phi) is 8.17. The van der Waals surface area contributed by atoms with Gasteiger partial charge < -0.3 is 19.8 Å². The molecule has 2 atom stereocenters. The van der Waals surface area contributed by atoms with Crippen molar-refractivity contribution in [2.45, 2.75) is 38.8 Å². The van der Waals surface area contributed by atoms with Gasteiger partial charge in [0, 0.05) is 18.8 Å². The molecule has 0 saturated carbocycles. The van der Waals surface area contributed by atoms with E-state index >= 15 is 0 Å². The summed E-state index contributed by atoms with van der Waals surface area (Å²) in [5.41, 5.74) is 3.14. The Morgan fingerprint density at radius 2 is 1.75 bits per heavy atom. The zero-order valence-electron chi connectivity index (χ0n) is 20.5. The number of aryl methyl sites for hydroxylation is 2. The normalized spacial score (nSPS) is 15.8. The quantitative estimate of drug-likeness (QED) is 0.477. The lowest BCUT2D eigenvalue weighted by Crippen LogP contribution is -2.48. The molecule has 0 unspecified atom stereocenters. The van der Waals surface area contributed by atoms with Crippen LogP contribution in [0.4, 0.5) is 5.69 Å². The summed E-state index contributed by atoms with van der Waals surface area (Å²) in [6.45, 7) is 4.62. The van der Waals surface area contributed by atoms with Crippen LogP contribution in [0, 0.1) is 13.8 Å². The van der Waals surface area contributed by atoms with Gasteiger partial charge in [-0.3, -0.25) is 19.3 Å². The molecule has 2 aromatic carbocycles. The van der Waals surface area contributed by atoms with Crippen molar-refractivity contribution in [3.8, 4) is 0 Å². The molecule has 0 aliphatic carbocycles. The standard InChI is InChI=1S/C28H31N3O5/c1-19-14-20(2)16-22(15-19)31(25(32)18-30-27(33)24-11-7-13-36-24)26(21-8-4-3-5-9-21)28(34)29-17-23-10-6-12-35-23/h3-5,7-9,11,13-16,23,26H,6,10,12,17-18H2,1-2H3,(H,29,34)(H,30,33)/t23-,26-/m0/s1. The summed E-state index contributed by atoms with van der Waals surface area (Å²) in [5, 5.41) is 5.60. The van der Waals surface area contributed by atoms with Gasteiger partial charge in [-0.1, -0.05) is 36.4 Å². The molecular formula is C28H31N3O5. The highest BCUT2D eigenvalue weighted by Crippen LogP contribution is 2.30. The molecule has 8 heteroatoms. The predicted molar refractivity (Wildman–Crippen MR) is 136 cm³/mol. The second-order valence-electron chi connectivity index (χ2n) is 8.96. The predicted octanol–water partition coefficient (Wildman–Crippen LogP) is 3.70. The monoisotopic (exact) mass is 489 g/mol. The molecule has 188 valence electrons. The van der Waals surface area contributed by atoms with E-state index in [2.05, 4.69) is 10.6 Å². The molecule has 2 heterocycles. The maximum Gasteiger partial charge on any atom is 0.287 e. The third kappa shape index (κ3) is 6.20. The van der Waals surface area contributed by atoms with E-state index in [1.54, 1.807) is 6.07 Å². The fourth-order valence-corrected chi connectivity index (χ4v) is 4.43. The second kappa shape index (κ2) is 11.7. The topological polar surface area (TPSA) is 101 Å². The van der Waals surface area contributed by atoms with Crippen LogP contribution in [0.3, 0.4) is 0 Å². The molecule has 8 nitrogen and oxygen atoms in total. The highest BCUT2D eigenvalue weighted by Gasteiger charge is 2.33. The van der Waals surface area contributed by atoms with E-state index in [1.807, 2.05) is 62.4 Å². The first-order valence-electron chi connectivity index (χ1n) is 12.1. The summed E-state index contributed by atoms with van der Waals surface area (Å²) < 4.78 is 10.8. The highest BCUT2D eigenvalue weighted by atomic mass is 16.5. The number of hydrogen-bond donors (Lipinski definition) is 2. The van der Waals surface area contributed by atoms with E-state index in [0.29, 0.717) is 24.4 Å². The van der Waals surface area contributed by atoms with Gasteiger partial charge in [0.05, 0.1) is 18.9 Å². The van der Waals surface area contributed by atoms with Crippen LogP contribution in [0.5, 0.6) is 0 Å². The van der Waals surface area contributed by atoms with Crippen LogP contribution in [0.1, 0.15) is 46.1 Å². The van der Waals surface area contributed by atoms with Crippen molar-refractivity contribution in [2.75, 3.05) is 24.6 Å². The summed E-state index contributed by atoms with van der Waals surface area (Å²) in [4.78, 5) is 41.2. The number of ether oxygens (including phenoxy) is 1. The van der Waals surface area contributed by atoms with Gasteiger partial charge in [-0.25, -0.2) is 0 Å². The molecule has 2 N–H and O–H groups in total. The SMILES string of the molecule is Cc1cc(C)cc(N(C(=O)CNC(=O)c2ccco2)[C@H](C(=O)NC[C@@H]2CCCO2)c2ccccc2)c1. The van der Waals surface area contributed by atoms with E-state index < -0.39 is 17.9 Å². The molecule has 4 rings (SSSR count). The maximum absolute atomic E-state index is 13.7. The van der Waals surface area contributed by atoms with Gasteiger partial charge in [-0.2, -0.15) is 0 Å². The van der Waals surface area contributed by atoms with Crippen molar-refractivity contribution in [1.82, 2.24) is 10.6 Å². The van der Waals surface area contributed by atoms with Gasteiger partial charge in [-0.15, -0.1) is 0 Å². The molecule has 1 aliphatic heterocycles. The third-order valence-electron chi connectivity index (χ3n) is 6.05. The van der Waals surface area contributed by atoms with E-state index in [9.17, 15) is 14.4 Å². The van der Waals surface area contributed by atoms with Crippen LogP contribution in [0.25, 0.3) is 0 Å². The summed E-state index contributed by atoms with van der Waals surface area (Å²) in [5.74, 6) is -1.15. The largest absolute Gasteiger partial charge is 0.459 e. The van der Waals surface area contributed by atoms with Crippen LogP contribution in [0.2, 0.25) is 0 Å². The van der Waals surface area contributed by atoms with Crippen LogP contribution in [-0.4, -0.2) is 43.5 Å². The van der Waals surface area contributed by atoms with Crippen molar-refractivity contribution in [2.24, 2.45) is 0 Å². The number of amides is 3. The molecular weight excluding hydrogens is 458 g/mol. The van der Waals surface area contributed by atoms with E-state index in [0.717, 1.165) is 24.0 Å². The molecule has 1 aliphatic rings. The van der Waals surface area contributed by atoms with Gasteiger partial charge in [0.1, 0.15) is 6.04 Å². The number of nitrogens with zero attached hydrogens (tertiary/aromatic N) is 1. The summed E-state index contributed by atoms with van der Waals surface area (Å²) in [7, 11) is 0. The lowest BCUT2D eigenvalue weighted by molar-refractivity contribution is -0.126. The molecule has 1 saturated heterocycles. The first kappa shape index (κ1) is 25.2. The van der Waals surface area contributed by atoms with Crippen molar-refractivity contribution in [3.05, 3.63) is 89.4 Å². The van der Waals surface area contributed by atoms with Gasteiger partial charge in [0.15, 0.2) is 5.76 Å². The van der Waals surface area contributed by atoms with Gasteiger partial charge in [-0.05, 0) is 67.6 Å². The number of furan rings is 1. The lowest BCUT2D eigenvalue weighted by atomic mass is 10.0. The number of nitrogens with one attached hydrogen (secondary N) is 2. The Labute approximate surface area is 210 Å². The number of anilines is 1. The minimum absolute atomic E-state index is 0.0386. The third-order valence-corrected chi connectivity index (χ3v) is 6.05. The maximum atomic E-state index is 13.7. The first-order valence-corrected chi connectivity index (χ1v) is 12.1. The van der Waals surface area contributed by atoms with Crippen LogP contribution < -0.4 is 15.5 Å². The van der Waals surface area contributed by atoms with Crippen molar-refractivity contribution in [3.63, 3.8) is 0 Å². The smallest absolute Gasteiger partial charge is 0.287 e. The fraction of sp³-hybridized carbons (Fsp3) is 0.321. The van der Waals surface area contributed by atoms with Crippen molar-refractivity contribution < 1.29 is 23.5 Å². The molecule has 0 bridgehead atoms. The molecule has 0 radical (unpaired) electrons. The number of rotatable bonds is 9. The molecule has 1 aromatic heterocycles. The van der Waals surface area contributed by atoms with E-state index in [4.69, 9.17) is 9.15 Å². The molecule has 3 amide bonds.